The average Bonchev–Trinajstić information content (AvgIpc) is 2.16. The van der Waals surface area contributed by atoms with Crippen molar-refractivity contribution in [2.24, 2.45) is 5.92 Å². The molecule has 0 spiro atoms. The fourth-order valence-corrected chi connectivity index (χ4v) is 1.13. The number of allylic oxidation sites excluding steroid dienone is 2. The van der Waals surface area contributed by atoms with Gasteiger partial charge >= 0.3 is 0 Å². The summed E-state index contributed by atoms with van der Waals surface area (Å²) in [6, 6.07) is 0. The molecule has 0 amide bonds. The van der Waals surface area contributed by atoms with Crippen LogP contribution in [0.25, 0.3) is 0 Å². The van der Waals surface area contributed by atoms with Crippen LogP contribution in [0.1, 0.15) is 19.8 Å². The van der Waals surface area contributed by atoms with Gasteiger partial charge in [0.25, 0.3) is 0 Å². The Bertz CT molecular complexity index is 173. The van der Waals surface area contributed by atoms with Crippen LogP contribution >= 0.6 is 0 Å². The Morgan fingerprint density at radius 2 is 2.33 bits per heavy atom. The summed E-state index contributed by atoms with van der Waals surface area (Å²) < 4.78 is 5.32. The van der Waals surface area contributed by atoms with E-state index in [4.69, 9.17) is 9.84 Å². The van der Waals surface area contributed by atoms with Crippen LogP contribution < -0.4 is 0 Å². The van der Waals surface area contributed by atoms with Crippen LogP contribution in [-0.2, 0) is 4.74 Å². The zero-order chi connectivity index (χ0) is 8.81. The Labute approximate surface area is 73.5 Å². The Kier molecular flexibility index (Phi) is 3.88. The highest BCUT2D eigenvalue weighted by Gasteiger charge is 2.08. The molecular weight excluding hydrogens is 152 g/mol. The Hall–Kier alpha value is -0.760. The van der Waals surface area contributed by atoms with Crippen LogP contribution in [0, 0.1) is 5.92 Å². The highest BCUT2D eigenvalue weighted by molar-refractivity contribution is 5.07. The minimum atomic E-state index is 0.212. The van der Waals surface area contributed by atoms with Gasteiger partial charge in [0.1, 0.15) is 6.10 Å². The number of aliphatic hydroxyl groups excluding tert-OH is 1. The molecule has 0 aromatic carbocycles. The highest BCUT2D eigenvalue weighted by Crippen LogP contribution is 2.13. The molecular formula is C10H16O2. The standard InChI is InChI=1S/C10H16O2/c1-9(8-11)5-6-10-4-2-3-7-12-10/h2-4,7,9-11H,5-6,8H2,1H3. The lowest BCUT2D eigenvalue weighted by Gasteiger charge is -2.16. The molecule has 0 radical (unpaired) electrons. The molecule has 0 saturated heterocycles. The Balaban J connectivity index is 2.15. The van der Waals surface area contributed by atoms with E-state index >= 15 is 0 Å². The minimum absolute atomic E-state index is 0.212. The first-order valence-corrected chi connectivity index (χ1v) is 4.42. The second-order valence-corrected chi connectivity index (χ2v) is 3.25. The fraction of sp³-hybridized carbons (Fsp3) is 0.600. The molecule has 0 fully saturated rings. The van der Waals surface area contributed by atoms with Crippen molar-refractivity contribution in [2.75, 3.05) is 6.61 Å². The summed E-state index contributed by atoms with van der Waals surface area (Å²) >= 11 is 0. The first kappa shape index (κ1) is 9.33. The lowest BCUT2D eigenvalue weighted by molar-refractivity contribution is 0.154. The normalized spacial score (nSPS) is 23.7. The monoisotopic (exact) mass is 168 g/mol. The molecule has 2 unspecified atom stereocenters. The van der Waals surface area contributed by atoms with Crippen molar-refractivity contribution in [3.05, 3.63) is 24.5 Å². The van der Waals surface area contributed by atoms with Crippen molar-refractivity contribution in [3.63, 3.8) is 0 Å². The molecule has 1 aliphatic heterocycles. The Morgan fingerprint density at radius 1 is 1.50 bits per heavy atom. The van der Waals surface area contributed by atoms with Crippen LogP contribution in [-0.4, -0.2) is 17.8 Å². The van der Waals surface area contributed by atoms with Crippen LogP contribution in [0.4, 0.5) is 0 Å². The number of hydrogen-bond donors (Lipinski definition) is 1. The van der Waals surface area contributed by atoms with E-state index in [9.17, 15) is 0 Å². The third-order valence-corrected chi connectivity index (χ3v) is 2.02. The summed E-state index contributed by atoms with van der Waals surface area (Å²) in [7, 11) is 0. The lowest BCUT2D eigenvalue weighted by Crippen LogP contribution is -2.11. The van der Waals surface area contributed by atoms with Gasteiger partial charge in [-0.3, -0.25) is 0 Å². The topological polar surface area (TPSA) is 29.5 Å². The quantitative estimate of drug-likeness (QED) is 0.694. The van der Waals surface area contributed by atoms with E-state index in [-0.39, 0.29) is 12.7 Å². The van der Waals surface area contributed by atoms with Gasteiger partial charge < -0.3 is 9.84 Å². The van der Waals surface area contributed by atoms with E-state index in [2.05, 4.69) is 0 Å². The molecule has 0 bridgehead atoms. The molecule has 0 aromatic rings. The minimum Gasteiger partial charge on any atom is -0.494 e. The van der Waals surface area contributed by atoms with Gasteiger partial charge in [0, 0.05) is 6.61 Å². The number of aliphatic hydroxyl groups is 1. The van der Waals surface area contributed by atoms with E-state index in [1.165, 1.54) is 0 Å². The summed E-state index contributed by atoms with van der Waals surface area (Å²) in [5.41, 5.74) is 0. The summed E-state index contributed by atoms with van der Waals surface area (Å²) in [5.74, 6) is 0.382. The van der Waals surface area contributed by atoms with Crippen LogP contribution in [0.15, 0.2) is 24.5 Å². The van der Waals surface area contributed by atoms with Gasteiger partial charge in [-0.2, -0.15) is 0 Å². The number of rotatable bonds is 4. The van der Waals surface area contributed by atoms with Crippen LogP contribution in [0.3, 0.4) is 0 Å². The second-order valence-electron chi connectivity index (χ2n) is 3.25. The summed E-state index contributed by atoms with van der Waals surface area (Å²) in [6.45, 7) is 2.31. The van der Waals surface area contributed by atoms with Crippen molar-refractivity contribution in [3.8, 4) is 0 Å². The van der Waals surface area contributed by atoms with Gasteiger partial charge in [-0.05, 0) is 30.9 Å². The van der Waals surface area contributed by atoms with E-state index in [0.29, 0.717) is 5.92 Å². The molecule has 2 atom stereocenters. The van der Waals surface area contributed by atoms with E-state index < -0.39 is 0 Å². The molecule has 1 aliphatic rings. The van der Waals surface area contributed by atoms with Crippen LogP contribution in [0.5, 0.6) is 0 Å². The molecule has 0 saturated carbocycles. The maximum absolute atomic E-state index is 8.79. The molecule has 0 aromatic heterocycles. The van der Waals surface area contributed by atoms with Crippen molar-refractivity contribution in [1.82, 2.24) is 0 Å². The summed E-state index contributed by atoms with van der Waals surface area (Å²) in [6.07, 6.45) is 9.85. The molecule has 1 heterocycles. The molecule has 12 heavy (non-hydrogen) atoms. The zero-order valence-electron chi connectivity index (χ0n) is 7.44. The second kappa shape index (κ2) is 4.99. The Morgan fingerprint density at radius 3 is 2.92 bits per heavy atom. The first-order chi connectivity index (χ1) is 5.83. The fourth-order valence-electron chi connectivity index (χ4n) is 1.13. The van der Waals surface area contributed by atoms with Gasteiger partial charge in [-0.15, -0.1) is 0 Å². The first-order valence-electron chi connectivity index (χ1n) is 4.42. The lowest BCUT2D eigenvalue weighted by atomic mass is 10.0. The highest BCUT2D eigenvalue weighted by atomic mass is 16.5. The molecule has 2 nitrogen and oxygen atoms in total. The van der Waals surface area contributed by atoms with Gasteiger partial charge in [-0.1, -0.05) is 13.0 Å². The average molecular weight is 168 g/mol. The van der Waals surface area contributed by atoms with Gasteiger partial charge in [0.2, 0.25) is 0 Å². The smallest absolute Gasteiger partial charge is 0.116 e. The molecule has 68 valence electrons. The van der Waals surface area contributed by atoms with Gasteiger partial charge in [-0.25, -0.2) is 0 Å². The zero-order valence-corrected chi connectivity index (χ0v) is 7.44. The van der Waals surface area contributed by atoms with Crippen LogP contribution in [0.2, 0.25) is 0 Å². The summed E-state index contributed by atoms with van der Waals surface area (Å²) in [5, 5.41) is 8.79. The van der Waals surface area contributed by atoms with Gasteiger partial charge in [0.05, 0.1) is 6.26 Å². The van der Waals surface area contributed by atoms with Crippen molar-refractivity contribution < 1.29 is 9.84 Å². The van der Waals surface area contributed by atoms with Gasteiger partial charge in [0.15, 0.2) is 0 Å². The van der Waals surface area contributed by atoms with Crippen molar-refractivity contribution in [1.29, 1.82) is 0 Å². The SMILES string of the molecule is CC(CO)CCC1C=CC=CO1. The van der Waals surface area contributed by atoms with E-state index in [1.54, 1.807) is 6.26 Å². The molecule has 0 aliphatic carbocycles. The predicted octanol–water partition coefficient (Wildman–Crippen LogP) is 1.86. The molecule has 1 rings (SSSR count). The number of ether oxygens (including phenoxy) is 1. The summed E-state index contributed by atoms with van der Waals surface area (Å²) in [4.78, 5) is 0. The molecule has 2 heteroatoms. The van der Waals surface area contributed by atoms with Crippen molar-refractivity contribution in [2.45, 2.75) is 25.9 Å². The number of hydrogen-bond acceptors (Lipinski definition) is 2. The van der Waals surface area contributed by atoms with E-state index in [1.807, 2.05) is 25.2 Å². The third kappa shape index (κ3) is 3.09. The van der Waals surface area contributed by atoms with E-state index in [0.717, 1.165) is 12.8 Å². The molecule has 1 N–H and O–H groups in total. The van der Waals surface area contributed by atoms with Crippen molar-refractivity contribution >= 4 is 0 Å². The maximum Gasteiger partial charge on any atom is 0.116 e. The third-order valence-electron chi connectivity index (χ3n) is 2.02. The predicted molar refractivity (Wildman–Crippen MR) is 48.6 cm³/mol. The largest absolute Gasteiger partial charge is 0.494 e. The maximum atomic E-state index is 8.79.